The number of hydrogen-bond donors (Lipinski definition) is 0. The van der Waals surface area contributed by atoms with Crippen LogP contribution in [0.25, 0.3) is 0 Å². The van der Waals surface area contributed by atoms with E-state index in [1.165, 1.54) is 4.31 Å². The van der Waals surface area contributed by atoms with Crippen LogP contribution in [0.15, 0.2) is 0 Å². The summed E-state index contributed by atoms with van der Waals surface area (Å²) < 4.78 is 46.8. The molecular weight excluding hydrogens is 318 g/mol. The molecule has 0 saturated carbocycles. The van der Waals surface area contributed by atoms with Gasteiger partial charge in [-0.1, -0.05) is 15.9 Å². The van der Waals surface area contributed by atoms with Gasteiger partial charge >= 0.3 is 0 Å². The summed E-state index contributed by atoms with van der Waals surface area (Å²) >= 11 is 3.31. The van der Waals surface area contributed by atoms with E-state index in [0.29, 0.717) is 19.0 Å². The highest BCUT2D eigenvalue weighted by atomic mass is 79.9. The number of hydrogen-bond acceptors (Lipinski definition) is 4. The molecule has 0 amide bonds. The fourth-order valence-electron chi connectivity index (χ4n) is 1.78. The van der Waals surface area contributed by atoms with Gasteiger partial charge in [-0.15, -0.1) is 0 Å². The zero-order chi connectivity index (χ0) is 12.4. The lowest BCUT2D eigenvalue weighted by atomic mass is 10.1. The minimum atomic E-state index is -3.64. The first-order chi connectivity index (χ1) is 7.24. The predicted molar refractivity (Wildman–Crippen MR) is 66.7 cm³/mol. The molecule has 0 spiro atoms. The highest BCUT2D eigenvalue weighted by Gasteiger charge is 2.32. The molecule has 1 heterocycles. The first-order valence-corrected chi connectivity index (χ1v) is 9.75. The van der Waals surface area contributed by atoms with Crippen LogP contribution in [0.4, 0.5) is 0 Å². The quantitative estimate of drug-likeness (QED) is 0.684. The summed E-state index contributed by atoms with van der Waals surface area (Å²) in [5, 5.41) is 0.0681. The second kappa shape index (κ2) is 5.32. The fraction of sp³-hybridized carbons (Fsp3) is 1.00. The fourth-order valence-corrected chi connectivity index (χ4v) is 6.01. The van der Waals surface area contributed by atoms with Crippen LogP contribution in [0.1, 0.15) is 12.8 Å². The summed E-state index contributed by atoms with van der Waals surface area (Å²) in [6.07, 6.45) is 2.68. The molecule has 96 valence electrons. The first kappa shape index (κ1) is 14.4. The van der Waals surface area contributed by atoms with Crippen LogP contribution in [0.2, 0.25) is 0 Å². The van der Waals surface area contributed by atoms with E-state index in [4.69, 9.17) is 0 Å². The van der Waals surface area contributed by atoms with Gasteiger partial charge in [0, 0.05) is 24.7 Å². The molecule has 0 aliphatic carbocycles. The van der Waals surface area contributed by atoms with Gasteiger partial charge in [0.05, 0.1) is 0 Å². The van der Waals surface area contributed by atoms with Crippen LogP contribution in [-0.2, 0) is 19.9 Å². The van der Waals surface area contributed by atoms with Crippen molar-refractivity contribution in [3.05, 3.63) is 0 Å². The van der Waals surface area contributed by atoms with Gasteiger partial charge in [-0.25, -0.2) is 21.1 Å². The van der Waals surface area contributed by atoms with Gasteiger partial charge < -0.3 is 0 Å². The number of sulfone groups is 1. The summed E-state index contributed by atoms with van der Waals surface area (Å²) in [4.78, 5) is 0. The van der Waals surface area contributed by atoms with Gasteiger partial charge in [0.2, 0.25) is 10.0 Å². The molecule has 1 aliphatic rings. The van der Waals surface area contributed by atoms with Crippen LogP contribution >= 0.6 is 15.9 Å². The standard InChI is InChI=1S/C8H16BrNO4S2/c1-15(11,12)7-16(13,14)10-5-3-8(6-10)2-4-9/h8H,2-7H2,1H3. The monoisotopic (exact) mass is 333 g/mol. The third-order valence-electron chi connectivity index (χ3n) is 2.52. The molecule has 1 saturated heterocycles. The number of nitrogens with zero attached hydrogens (tertiary/aromatic N) is 1. The molecule has 1 rings (SSSR count). The molecule has 0 aromatic carbocycles. The van der Waals surface area contributed by atoms with Crippen molar-refractivity contribution in [2.75, 3.05) is 29.8 Å². The Morgan fingerprint density at radius 1 is 1.31 bits per heavy atom. The van der Waals surface area contributed by atoms with Crippen LogP contribution in [-0.4, -0.2) is 50.9 Å². The Hall–Kier alpha value is 0.340. The van der Waals surface area contributed by atoms with Crippen LogP contribution < -0.4 is 0 Å². The van der Waals surface area contributed by atoms with Crippen molar-refractivity contribution < 1.29 is 16.8 Å². The van der Waals surface area contributed by atoms with E-state index in [2.05, 4.69) is 15.9 Å². The number of halogens is 1. The summed E-state index contributed by atoms with van der Waals surface area (Å²) in [5.41, 5.74) is 0. The molecule has 8 heteroatoms. The Morgan fingerprint density at radius 2 is 1.94 bits per heavy atom. The lowest BCUT2D eigenvalue weighted by Crippen LogP contribution is -2.33. The van der Waals surface area contributed by atoms with Crippen molar-refractivity contribution in [2.24, 2.45) is 5.92 Å². The SMILES string of the molecule is CS(=O)(=O)CS(=O)(=O)N1CCC(CCBr)C1. The molecule has 0 radical (unpaired) electrons. The Morgan fingerprint density at radius 3 is 2.44 bits per heavy atom. The van der Waals surface area contributed by atoms with E-state index in [9.17, 15) is 16.8 Å². The van der Waals surface area contributed by atoms with E-state index in [-0.39, 0.29) is 0 Å². The van der Waals surface area contributed by atoms with Crippen LogP contribution in [0.3, 0.4) is 0 Å². The summed E-state index contributed by atoms with van der Waals surface area (Å²) in [6.45, 7) is 0.888. The van der Waals surface area contributed by atoms with Crippen molar-refractivity contribution >= 4 is 35.8 Å². The largest absolute Gasteiger partial charge is 0.228 e. The summed E-state index contributed by atoms with van der Waals surface area (Å²) in [7, 11) is -7.13. The Bertz CT molecular complexity index is 431. The Kier molecular flexibility index (Phi) is 4.79. The maximum Gasteiger partial charge on any atom is 0.228 e. The number of alkyl halides is 1. The van der Waals surface area contributed by atoms with Crippen molar-refractivity contribution in [3.8, 4) is 0 Å². The zero-order valence-electron chi connectivity index (χ0n) is 9.09. The molecule has 1 aliphatic heterocycles. The zero-order valence-corrected chi connectivity index (χ0v) is 12.3. The lowest BCUT2D eigenvalue weighted by Gasteiger charge is -2.15. The molecule has 0 N–H and O–H groups in total. The van der Waals surface area contributed by atoms with E-state index < -0.39 is 24.9 Å². The van der Waals surface area contributed by atoms with E-state index in [0.717, 1.165) is 24.4 Å². The normalized spacial score (nSPS) is 23.8. The lowest BCUT2D eigenvalue weighted by molar-refractivity contribution is 0.457. The third-order valence-corrected chi connectivity index (χ3v) is 7.00. The maximum absolute atomic E-state index is 11.7. The second-order valence-corrected chi connectivity index (χ2v) is 9.41. The van der Waals surface area contributed by atoms with Gasteiger partial charge in [-0.3, -0.25) is 0 Å². The molecule has 1 unspecified atom stereocenters. The van der Waals surface area contributed by atoms with Gasteiger partial charge in [-0.05, 0) is 18.8 Å². The number of sulfonamides is 1. The first-order valence-electron chi connectivity index (χ1n) is 4.96. The van der Waals surface area contributed by atoms with Crippen molar-refractivity contribution in [3.63, 3.8) is 0 Å². The van der Waals surface area contributed by atoms with E-state index >= 15 is 0 Å². The van der Waals surface area contributed by atoms with Crippen LogP contribution in [0, 0.1) is 5.92 Å². The molecule has 0 aromatic heterocycles. The number of rotatable bonds is 5. The topological polar surface area (TPSA) is 71.5 Å². The molecule has 16 heavy (non-hydrogen) atoms. The van der Waals surface area contributed by atoms with Crippen molar-refractivity contribution in [1.29, 1.82) is 0 Å². The molecule has 1 fully saturated rings. The second-order valence-electron chi connectivity index (χ2n) is 4.15. The van der Waals surface area contributed by atoms with Crippen molar-refractivity contribution in [2.45, 2.75) is 12.8 Å². The van der Waals surface area contributed by atoms with E-state index in [1.54, 1.807) is 0 Å². The molecule has 5 nitrogen and oxygen atoms in total. The van der Waals surface area contributed by atoms with E-state index in [1.807, 2.05) is 0 Å². The summed E-state index contributed by atoms with van der Waals surface area (Å²) in [5.74, 6) is 0.341. The Labute approximate surface area is 105 Å². The van der Waals surface area contributed by atoms with Gasteiger partial charge in [0.25, 0.3) is 0 Å². The molecule has 0 aromatic rings. The molecule has 1 atom stereocenters. The Balaban J connectivity index is 2.66. The highest BCUT2D eigenvalue weighted by molar-refractivity contribution is 9.09. The third kappa shape index (κ3) is 4.31. The van der Waals surface area contributed by atoms with Gasteiger partial charge in [0.15, 0.2) is 14.9 Å². The molecule has 0 bridgehead atoms. The average Bonchev–Trinajstić information content (AvgIpc) is 2.49. The van der Waals surface area contributed by atoms with Gasteiger partial charge in [0.1, 0.15) is 0 Å². The molecular formula is C8H16BrNO4S2. The minimum absolute atomic E-state index is 0.341. The minimum Gasteiger partial charge on any atom is -0.228 e. The summed E-state index contributed by atoms with van der Waals surface area (Å²) in [6, 6.07) is 0. The average molecular weight is 334 g/mol. The van der Waals surface area contributed by atoms with Gasteiger partial charge in [-0.2, -0.15) is 0 Å². The smallest absolute Gasteiger partial charge is 0.228 e. The van der Waals surface area contributed by atoms with Crippen molar-refractivity contribution in [1.82, 2.24) is 4.31 Å². The maximum atomic E-state index is 11.7. The highest BCUT2D eigenvalue weighted by Crippen LogP contribution is 2.23. The van der Waals surface area contributed by atoms with Crippen LogP contribution in [0.5, 0.6) is 0 Å². The predicted octanol–water partition coefficient (Wildman–Crippen LogP) is 0.425.